The first kappa shape index (κ1) is 17.0. The molecular formula is C12H25O4P. The average Bonchev–Trinajstić information content (AvgIpc) is 2.29. The summed E-state index contributed by atoms with van der Waals surface area (Å²) in [5, 5.41) is 9.86. The molecule has 102 valence electrons. The third kappa shape index (κ3) is 7.10. The minimum atomic E-state index is -0.860. The van der Waals surface area contributed by atoms with Crippen molar-refractivity contribution >= 4 is 8.69 Å². The van der Waals surface area contributed by atoms with Crippen LogP contribution in [0.2, 0.25) is 0 Å². The molecule has 0 aliphatic heterocycles. The van der Waals surface area contributed by atoms with E-state index in [1.807, 2.05) is 13.8 Å². The van der Waals surface area contributed by atoms with Gasteiger partial charge in [0.1, 0.15) is 0 Å². The molecule has 0 saturated heterocycles. The molecule has 0 aliphatic rings. The van der Waals surface area contributed by atoms with Gasteiger partial charge < -0.3 is 9.84 Å². The molecule has 0 rings (SSSR count). The van der Waals surface area contributed by atoms with Crippen molar-refractivity contribution in [2.45, 2.75) is 66.0 Å². The second-order valence-corrected chi connectivity index (χ2v) is 4.97. The number of hydrogen-bond acceptors (Lipinski definition) is 4. The number of rotatable bonds is 10. The SMILES string of the molecule is CCCC(C)C(O)OC(OP=O)C(C)CCC. The van der Waals surface area contributed by atoms with Gasteiger partial charge in [0, 0.05) is 11.8 Å². The van der Waals surface area contributed by atoms with Crippen LogP contribution in [0.25, 0.3) is 0 Å². The van der Waals surface area contributed by atoms with Crippen LogP contribution in [0.3, 0.4) is 0 Å². The first-order valence-electron chi connectivity index (χ1n) is 6.38. The van der Waals surface area contributed by atoms with Gasteiger partial charge in [-0.25, -0.2) is 4.57 Å². The van der Waals surface area contributed by atoms with Gasteiger partial charge in [0.15, 0.2) is 12.6 Å². The fourth-order valence-corrected chi connectivity index (χ4v) is 2.11. The molecule has 17 heavy (non-hydrogen) atoms. The largest absolute Gasteiger partial charge is 0.368 e. The Morgan fingerprint density at radius 2 is 1.65 bits per heavy atom. The molecule has 5 heteroatoms. The van der Waals surface area contributed by atoms with Crippen molar-refractivity contribution in [3.05, 3.63) is 0 Å². The Hall–Kier alpha value is -0.0200. The van der Waals surface area contributed by atoms with Crippen LogP contribution in [0.5, 0.6) is 0 Å². The van der Waals surface area contributed by atoms with Crippen molar-refractivity contribution in [3.63, 3.8) is 0 Å². The number of hydrogen-bond donors (Lipinski definition) is 1. The highest BCUT2D eigenvalue weighted by molar-refractivity contribution is 7.17. The summed E-state index contributed by atoms with van der Waals surface area (Å²) in [5.74, 6) is 0.174. The molecule has 0 aromatic heterocycles. The number of ether oxygens (including phenoxy) is 1. The topological polar surface area (TPSA) is 55.8 Å². The van der Waals surface area contributed by atoms with Crippen LogP contribution in [-0.4, -0.2) is 17.7 Å². The van der Waals surface area contributed by atoms with Crippen molar-refractivity contribution < 1.29 is 18.9 Å². The van der Waals surface area contributed by atoms with Crippen molar-refractivity contribution in [1.29, 1.82) is 0 Å². The van der Waals surface area contributed by atoms with Gasteiger partial charge >= 0.3 is 8.69 Å². The first-order valence-corrected chi connectivity index (χ1v) is 7.11. The molecule has 0 amide bonds. The minimum Gasteiger partial charge on any atom is -0.368 e. The molecule has 4 nitrogen and oxygen atoms in total. The molecule has 4 atom stereocenters. The van der Waals surface area contributed by atoms with Gasteiger partial charge in [-0.1, -0.05) is 40.5 Å². The molecule has 0 aromatic rings. The van der Waals surface area contributed by atoms with Crippen LogP contribution in [0.15, 0.2) is 0 Å². The summed E-state index contributed by atoms with van der Waals surface area (Å²) in [4.78, 5) is 0. The van der Waals surface area contributed by atoms with Gasteiger partial charge in [0.05, 0.1) is 0 Å². The summed E-state index contributed by atoms with van der Waals surface area (Å²) in [7, 11) is -0.406. The fraction of sp³-hybridized carbons (Fsp3) is 1.00. The van der Waals surface area contributed by atoms with Gasteiger partial charge in [0.2, 0.25) is 0 Å². The Morgan fingerprint density at radius 3 is 2.12 bits per heavy atom. The van der Waals surface area contributed by atoms with E-state index in [0.29, 0.717) is 0 Å². The Balaban J connectivity index is 4.26. The van der Waals surface area contributed by atoms with Gasteiger partial charge in [-0.3, -0.25) is 4.52 Å². The van der Waals surface area contributed by atoms with E-state index in [9.17, 15) is 9.67 Å². The predicted molar refractivity (Wildman–Crippen MR) is 67.7 cm³/mol. The lowest BCUT2D eigenvalue weighted by atomic mass is 10.0. The molecular weight excluding hydrogens is 239 g/mol. The van der Waals surface area contributed by atoms with E-state index < -0.39 is 21.3 Å². The molecule has 4 unspecified atom stereocenters. The maximum Gasteiger partial charge on any atom is 0.329 e. The summed E-state index contributed by atoms with van der Waals surface area (Å²) in [5.41, 5.74) is 0. The van der Waals surface area contributed by atoms with Crippen LogP contribution >= 0.6 is 8.69 Å². The zero-order chi connectivity index (χ0) is 13.3. The Labute approximate surface area is 106 Å². The lowest BCUT2D eigenvalue weighted by Gasteiger charge is -2.27. The van der Waals surface area contributed by atoms with Crippen LogP contribution < -0.4 is 0 Å². The Bertz CT molecular complexity index is 201. The summed E-state index contributed by atoms with van der Waals surface area (Å²) < 4.78 is 21.0. The Kier molecular flexibility index (Phi) is 9.94. The van der Waals surface area contributed by atoms with E-state index >= 15 is 0 Å². The zero-order valence-corrected chi connectivity index (χ0v) is 12.2. The molecule has 0 aromatic carbocycles. The summed E-state index contributed by atoms with van der Waals surface area (Å²) in [6, 6.07) is 0. The van der Waals surface area contributed by atoms with Crippen molar-refractivity contribution in [1.82, 2.24) is 0 Å². The van der Waals surface area contributed by atoms with Gasteiger partial charge in [0.25, 0.3) is 0 Å². The second-order valence-electron chi connectivity index (χ2n) is 4.61. The highest BCUT2D eigenvalue weighted by Crippen LogP contribution is 2.23. The molecule has 0 bridgehead atoms. The standard InChI is InChI=1S/C12H25O4P/c1-5-7-9(3)11(13)15-12(16-17-14)10(4)8-6-2/h9-13H,5-8H2,1-4H3. The molecule has 0 fully saturated rings. The normalized spacial score (nSPS) is 18.9. The molecule has 0 heterocycles. The number of aliphatic hydroxyl groups excluding tert-OH is 1. The van der Waals surface area contributed by atoms with Gasteiger partial charge in [-0.15, -0.1) is 0 Å². The van der Waals surface area contributed by atoms with Crippen LogP contribution in [0.4, 0.5) is 0 Å². The number of aliphatic hydroxyl groups is 1. The Morgan fingerprint density at radius 1 is 1.12 bits per heavy atom. The molecule has 1 N–H and O–H groups in total. The predicted octanol–water partition coefficient (Wildman–Crippen LogP) is 3.74. The van der Waals surface area contributed by atoms with E-state index in [1.165, 1.54) is 0 Å². The van der Waals surface area contributed by atoms with Gasteiger partial charge in [-0.05, 0) is 12.8 Å². The third-order valence-corrected chi connectivity index (χ3v) is 3.15. The molecule has 0 spiro atoms. The highest BCUT2D eigenvalue weighted by atomic mass is 31.1. The van der Waals surface area contributed by atoms with Crippen LogP contribution in [-0.2, 0) is 13.8 Å². The minimum absolute atomic E-state index is 0.0586. The lowest BCUT2D eigenvalue weighted by Crippen LogP contribution is -2.32. The first-order chi connectivity index (χ1) is 8.06. The van der Waals surface area contributed by atoms with E-state index in [4.69, 9.17) is 9.26 Å². The van der Waals surface area contributed by atoms with E-state index in [2.05, 4.69) is 13.8 Å². The smallest absolute Gasteiger partial charge is 0.329 e. The molecule has 0 radical (unpaired) electrons. The van der Waals surface area contributed by atoms with Crippen molar-refractivity contribution in [2.24, 2.45) is 11.8 Å². The van der Waals surface area contributed by atoms with E-state index in [-0.39, 0.29) is 11.8 Å². The van der Waals surface area contributed by atoms with Crippen LogP contribution in [0.1, 0.15) is 53.4 Å². The van der Waals surface area contributed by atoms with Crippen molar-refractivity contribution in [2.75, 3.05) is 0 Å². The second kappa shape index (κ2) is 9.95. The molecule has 0 saturated carbocycles. The van der Waals surface area contributed by atoms with E-state index in [0.717, 1.165) is 25.7 Å². The maximum atomic E-state index is 10.5. The monoisotopic (exact) mass is 264 g/mol. The lowest BCUT2D eigenvalue weighted by molar-refractivity contribution is -0.229. The summed E-state index contributed by atoms with van der Waals surface area (Å²) in [6.45, 7) is 8.03. The van der Waals surface area contributed by atoms with Gasteiger partial charge in [-0.2, -0.15) is 0 Å². The molecule has 0 aliphatic carbocycles. The highest BCUT2D eigenvalue weighted by Gasteiger charge is 2.24. The summed E-state index contributed by atoms with van der Waals surface area (Å²) in [6.07, 6.45) is 2.34. The maximum absolute atomic E-state index is 10.5. The van der Waals surface area contributed by atoms with E-state index in [1.54, 1.807) is 0 Å². The zero-order valence-electron chi connectivity index (χ0n) is 11.3. The van der Waals surface area contributed by atoms with Crippen LogP contribution in [0, 0.1) is 11.8 Å². The van der Waals surface area contributed by atoms with Crippen molar-refractivity contribution in [3.8, 4) is 0 Å². The fourth-order valence-electron chi connectivity index (χ4n) is 1.77. The quantitative estimate of drug-likeness (QED) is 0.482. The average molecular weight is 264 g/mol. The third-order valence-electron chi connectivity index (χ3n) is 2.86. The summed E-state index contributed by atoms with van der Waals surface area (Å²) >= 11 is 0.